The van der Waals surface area contributed by atoms with Crippen LogP contribution in [0.2, 0.25) is 155 Å². The number of hydrogen-bond donors (Lipinski definition) is 1. The van der Waals surface area contributed by atoms with Gasteiger partial charge in [0.05, 0.1) is 52.4 Å². The molecule has 0 aromatic carbocycles. The monoisotopic (exact) mass is 1050 g/mol. The van der Waals surface area contributed by atoms with Crippen molar-refractivity contribution in [1.82, 2.24) is 0 Å². The van der Waals surface area contributed by atoms with E-state index >= 15 is 0 Å². The van der Waals surface area contributed by atoms with Gasteiger partial charge in [0.1, 0.15) is 18.3 Å². The van der Waals surface area contributed by atoms with Gasteiger partial charge in [0.15, 0.2) is 66.5 Å². The van der Waals surface area contributed by atoms with Crippen molar-refractivity contribution in [2.75, 3.05) is 72.7 Å². The fourth-order valence-electron chi connectivity index (χ4n) is 7.96. The van der Waals surface area contributed by atoms with Crippen LogP contribution >= 0.6 is 0 Å². The van der Waals surface area contributed by atoms with Gasteiger partial charge < -0.3 is 54.7 Å². The fraction of sp³-hybridized carbons (Fsp3) is 1.00. The van der Waals surface area contributed by atoms with Crippen LogP contribution in [0.1, 0.15) is 32.6 Å². The normalized spacial score (nSPS) is 16.0. The first-order valence-electron chi connectivity index (χ1n) is 24.6. The lowest BCUT2D eigenvalue weighted by Crippen LogP contribution is -2.42. The van der Waals surface area contributed by atoms with E-state index in [2.05, 4.69) is 131 Å². The molecule has 12 nitrogen and oxygen atoms in total. The molecular weight excluding hydrogens is 945 g/mol. The SMILES string of the molecule is CC(COCCC[Si](C)(C)O[Si](C)(C)C)OCC(COCCC[Si](C)(C)O[Si](C)(C)C)OCC(COCCC[Si](C)(C)O[Si](C)(C)C)OCC(O)COCCC[Si](C)(C)O[Si](C)(C)C. The summed E-state index contributed by atoms with van der Waals surface area (Å²) in [5, 5.41) is 10.9. The van der Waals surface area contributed by atoms with Crippen molar-refractivity contribution in [3.8, 4) is 0 Å². The second-order valence-corrected chi connectivity index (χ2v) is 60.6. The summed E-state index contributed by atoms with van der Waals surface area (Å²) in [6.45, 7) is 52.3. The summed E-state index contributed by atoms with van der Waals surface area (Å²) >= 11 is 0. The Morgan fingerprint density at radius 3 is 0.906 bits per heavy atom. The van der Waals surface area contributed by atoms with Gasteiger partial charge in [-0.25, -0.2) is 0 Å². The second-order valence-electron chi connectivity index (χ2n) is 24.3. The van der Waals surface area contributed by atoms with Crippen LogP contribution in [0.5, 0.6) is 0 Å². The number of rotatable bonds is 41. The van der Waals surface area contributed by atoms with Gasteiger partial charge in [-0.15, -0.1) is 0 Å². The Morgan fingerprint density at radius 2 is 0.594 bits per heavy atom. The summed E-state index contributed by atoms with van der Waals surface area (Å²) in [5.74, 6) is 0. The minimum atomic E-state index is -1.77. The van der Waals surface area contributed by atoms with Crippen LogP contribution in [-0.4, -0.2) is 169 Å². The molecule has 0 aliphatic rings. The third kappa shape index (κ3) is 42.2. The first kappa shape index (κ1) is 65.3. The molecule has 0 fully saturated rings. The number of hydrogen-bond acceptors (Lipinski definition) is 12. The Morgan fingerprint density at radius 1 is 0.328 bits per heavy atom. The summed E-state index contributed by atoms with van der Waals surface area (Å²) < 4.78 is 69.6. The lowest BCUT2D eigenvalue weighted by molar-refractivity contribution is -0.130. The summed E-state index contributed by atoms with van der Waals surface area (Å²) in [6, 6.07) is 4.20. The van der Waals surface area contributed by atoms with E-state index in [0.717, 1.165) is 49.9 Å². The number of aliphatic hydroxyl groups excluding tert-OH is 1. The maximum Gasteiger partial charge on any atom is 0.173 e. The standard InChI is InChI=1S/C44H106O12Si8/c1-41(34-46-26-22-30-61(14,15)53-57(2,3)4)50-39-43(37-48-28-24-32-63(18,19)55-59(8,9)10)52-40-44(38-49-29-25-33-64(20,21)56-60(11,12)13)51-36-42(45)35-47-27-23-31-62(16,17)54-58(5,6)7/h41-45H,22-40H2,1-21H3. The zero-order chi connectivity index (χ0) is 49.5. The average Bonchev–Trinajstić information content (AvgIpc) is 3.05. The Labute approximate surface area is 404 Å². The van der Waals surface area contributed by atoms with E-state index in [4.69, 9.17) is 49.6 Å². The van der Waals surface area contributed by atoms with Crippen LogP contribution < -0.4 is 0 Å². The molecule has 0 aliphatic carbocycles. The molecular formula is C44H106O12Si8. The van der Waals surface area contributed by atoms with Crippen molar-refractivity contribution < 1.29 is 54.7 Å². The van der Waals surface area contributed by atoms with Gasteiger partial charge in [0.2, 0.25) is 0 Å². The van der Waals surface area contributed by atoms with Gasteiger partial charge in [-0.2, -0.15) is 0 Å². The molecule has 0 heterocycles. The van der Waals surface area contributed by atoms with E-state index in [1.165, 1.54) is 0 Å². The van der Waals surface area contributed by atoms with Crippen molar-refractivity contribution >= 4 is 66.5 Å². The van der Waals surface area contributed by atoms with E-state index in [0.29, 0.717) is 52.9 Å². The number of ether oxygens (including phenoxy) is 7. The quantitative estimate of drug-likeness (QED) is 0.0463. The van der Waals surface area contributed by atoms with Gasteiger partial charge in [0, 0.05) is 26.4 Å². The third-order valence-corrected chi connectivity index (χ3v) is 34.3. The Bertz CT molecular complexity index is 1100. The first-order valence-corrected chi connectivity index (χ1v) is 50.7. The summed E-state index contributed by atoms with van der Waals surface area (Å²) in [5.41, 5.74) is 0. The number of aliphatic hydroxyl groups is 1. The average molecular weight is 1050 g/mol. The Kier molecular flexibility index (Phi) is 31.5. The van der Waals surface area contributed by atoms with Crippen molar-refractivity contribution in [1.29, 1.82) is 0 Å². The topological polar surface area (TPSA) is 122 Å². The first-order chi connectivity index (χ1) is 29.0. The van der Waals surface area contributed by atoms with Gasteiger partial charge in [0.25, 0.3) is 0 Å². The molecule has 0 aliphatic heterocycles. The highest BCUT2D eigenvalue weighted by atomic mass is 28.4. The molecule has 0 aromatic rings. The van der Waals surface area contributed by atoms with Crippen LogP contribution in [0.15, 0.2) is 0 Å². The van der Waals surface area contributed by atoms with Crippen LogP contribution in [0.4, 0.5) is 0 Å². The van der Waals surface area contributed by atoms with Gasteiger partial charge in [-0.1, -0.05) is 0 Å². The van der Waals surface area contributed by atoms with E-state index in [1.54, 1.807) is 0 Å². The smallest absolute Gasteiger partial charge is 0.173 e. The van der Waals surface area contributed by atoms with E-state index in [-0.39, 0.29) is 32.0 Å². The largest absolute Gasteiger partial charge is 0.456 e. The minimum absolute atomic E-state index is 0.107. The Balaban J connectivity index is 5.54. The second kappa shape index (κ2) is 30.9. The lowest BCUT2D eigenvalue weighted by atomic mass is 10.3. The van der Waals surface area contributed by atoms with E-state index in [9.17, 15) is 5.11 Å². The van der Waals surface area contributed by atoms with Crippen LogP contribution in [0.25, 0.3) is 0 Å². The molecule has 4 unspecified atom stereocenters. The molecule has 0 saturated heterocycles. The van der Waals surface area contributed by atoms with Crippen molar-refractivity contribution in [2.24, 2.45) is 0 Å². The van der Waals surface area contributed by atoms with Crippen molar-refractivity contribution in [3.05, 3.63) is 0 Å². The summed E-state index contributed by atoms with van der Waals surface area (Å²) in [4.78, 5) is 0. The molecule has 1 N–H and O–H groups in total. The van der Waals surface area contributed by atoms with Gasteiger partial charge in [-0.3, -0.25) is 0 Å². The molecule has 0 aromatic heterocycles. The summed E-state index contributed by atoms with van der Waals surface area (Å²) in [7, 11) is -13.3. The maximum absolute atomic E-state index is 10.9. The molecule has 20 heteroatoms. The lowest BCUT2D eigenvalue weighted by Gasteiger charge is -2.31. The maximum atomic E-state index is 10.9. The molecule has 0 bridgehead atoms. The molecule has 0 rings (SSSR count). The molecule has 386 valence electrons. The van der Waals surface area contributed by atoms with Crippen LogP contribution in [0.3, 0.4) is 0 Å². The van der Waals surface area contributed by atoms with Crippen molar-refractivity contribution in [3.63, 3.8) is 0 Å². The highest BCUT2D eigenvalue weighted by Gasteiger charge is 2.32. The highest BCUT2D eigenvalue weighted by Crippen LogP contribution is 2.23. The van der Waals surface area contributed by atoms with Gasteiger partial charge >= 0.3 is 0 Å². The molecule has 0 amide bonds. The fourth-order valence-corrected chi connectivity index (χ4v) is 40.1. The summed E-state index contributed by atoms with van der Waals surface area (Å²) in [6.07, 6.45) is 2.19. The molecule has 0 spiro atoms. The molecule has 64 heavy (non-hydrogen) atoms. The van der Waals surface area contributed by atoms with E-state index in [1.807, 2.05) is 6.92 Å². The van der Waals surface area contributed by atoms with E-state index < -0.39 is 78.7 Å². The third-order valence-electron chi connectivity index (χ3n) is 9.48. The molecule has 4 atom stereocenters. The predicted octanol–water partition coefficient (Wildman–Crippen LogP) is 11.4. The van der Waals surface area contributed by atoms with Crippen molar-refractivity contribution in [2.45, 2.75) is 212 Å². The molecule has 0 radical (unpaired) electrons. The molecule has 0 saturated carbocycles. The highest BCUT2D eigenvalue weighted by molar-refractivity contribution is 6.86. The van der Waals surface area contributed by atoms with Gasteiger partial charge in [-0.05, 0) is 188 Å². The van der Waals surface area contributed by atoms with Crippen LogP contribution in [0, 0.1) is 0 Å². The minimum Gasteiger partial charge on any atom is -0.456 e. The van der Waals surface area contributed by atoms with Crippen LogP contribution in [-0.2, 0) is 49.6 Å². The zero-order valence-corrected chi connectivity index (χ0v) is 53.7. The zero-order valence-electron chi connectivity index (χ0n) is 45.7. The predicted molar refractivity (Wildman–Crippen MR) is 290 cm³/mol. The Hall–Kier alpha value is 1.26.